The van der Waals surface area contributed by atoms with Crippen LogP contribution in [0.4, 0.5) is 0 Å². The fourth-order valence-corrected chi connectivity index (χ4v) is 2.46. The molecule has 2 atom stereocenters. The Morgan fingerprint density at radius 2 is 2.25 bits per heavy atom. The Morgan fingerprint density at radius 1 is 1.56 bits per heavy atom. The van der Waals surface area contributed by atoms with Crippen LogP contribution in [0.2, 0.25) is 0 Å². The molecule has 1 saturated heterocycles. The summed E-state index contributed by atoms with van der Waals surface area (Å²) in [6, 6.07) is -0.0182. The first-order valence-corrected chi connectivity index (χ1v) is 7.08. The lowest BCUT2D eigenvalue weighted by molar-refractivity contribution is -0.138. The molecule has 1 aliphatic heterocycles. The number of likely N-dealkylation sites (N-methyl/N-ethyl adjacent to an activating group) is 1. The number of likely N-dealkylation sites (tertiary alicyclic amines) is 1. The van der Waals surface area contributed by atoms with Crippen molar-refractivity contribution >= 4 is 23.6 Å². The van der Waals surface area contributed by atoms with E-state index in [4.69, 9.17) is 0 Å². The van der Waals surface area contributed by atoms with E-state index in [2.05, 4.69) is 18.5 Å². The van der Waals surface area contributed by atoms with Crippen LogP contribution in [0, 0.1) is 0 Å². The number of hydrogen-bond donors (Lipinski definition) is 1. The number of carbonyl (C=O) groups excluding carboxylic acids is 2. The van der Waals surface area contributed by atoms with Gasteiger partial charge in [0.2, 0.25) is 11.8 Å². The minimum absolute atomic E-state index is 0.0536. The Morgan fingerprint density at radius 3 is 2.75 bits per heavy atom. The maximum Gasteiger partial charge on any atom is 0.246 e. The summed E-state index contributed by atoms with van der Waals surface area (Å²) in [7, 11) is 0. The van der Waals surface area contributed by atoms with Gasteiger partial charge in [0, 0.05) is 12.6 Å². The number of hydrogen-bond acceptors (Lipinski definition) is 4. The zero-order valence-electron chi connectivity index (χ0n) is 10.2. The number of amides is 2. The smallest absolute Gasteiger partial charge is 0.246 e. The predicted molar refractivity (Wildman–Crippen MR) is 66.4 cm³/mol. The molecule has 92 valence electrons. The van der Waals surface area contributed by atoms with Crippen molar-refractivity contribution in [2.75, 3.05) is 18.6 Å². The van der Waals surface area contributed by atoms with Crippen LogP contribution in [0.5, 0.6) is 0 Å². The highest BCUT2D eigenvalue weighted by molar-refractivity contribution is 7.98. The van der Waals surface area contributed by atoms with Crippen molar-refractivity contribution in [3.05, 3.63) is 0 Å². The highest BCUT2D eigenvalue weighted by atomic mass is 32.2. The third-order valence-corrected chi connectivity index (χ3v) is 3.44. The highest BCUT2D eigenvalue weighted by Crippen LogP contribution is 2.13. The second-order valence-corrected chi connectivity index (χ2v) is 5.07. The molecular weight excluding hydrogens is 224 g/mol. The minimum Gasteiger partial charge on any atom is -0.303 e. The molecule has 1 fully saturated rings. The van der Waals surface area contributed by atoms with Gasteiger partial charge in [-0.2, -0.15) is 11.8 Å². The molecule has 2 amide bonds. The summed E-state index contributed by atoms with van der Waals surface area (Å²) in [6.45, 7) is 4.37. The van der Waals surface area contributed by atoms with Crippen LogP contribution in [0.3, 0.4) is 0 Å². The summed E-state index contributed by atoms with van der Waals surface area (Å²) in [5, 5.41) is 3.23. The first-order valence-electron chi connectivity index (χ1n) is 5.69. The monoisotopic (exact) mass is 244 g/mol. The number of rotatable bonds is 6. The summed E-state index contributed by atoms with van der Waals surface area (Å²) >= 11 is 1.79. The lowest BCUT2D eigenvalue weighted by Gasteiger charge is -2.18. The van der Waals surface area contributed by atoms with Crippen LogP contribution < -0.4 is 5.32 Å². The zero-order valence-corrected chi connectivity index (χ0v) is 11.0. The first kappa shape index (κ1) is 13.5. The normalized spacial score (nSPS) is 22.9. The molecule has 0 saturated carbocycles. The van der Waals surface area contributed by atoms with E-state index in [1.54, 1.807) is 11.8 Å². The Hall–Kier alpha value is -0.550. The molecule has 0 bridgehead atoms. The van der Waals surface area contributed by atoms with Gasteiger partial charge < -0.3 is 5.32 Å². The molecule has 0 aromatic rings. The topological polar surface area (TPSA) is 49.4 Å². The number of nitrogens with one attached hydrogen (secondary N) is 1. The first-order chi connectivity index (χ1) is 7.60. The van der Waals surface area contributed by atoms with E-state index in [-0.39, 0.29) is 23.9 Å². The molecule has 0 aromatic carbocycles. The van der Waals surface area contributed by atoms with Crippen LogP contribution >= 0.6 is 11.8 Å². The second-order valence-electron chi connectivity index (χ2n) is 4.08. The maximum atomic E-state index is 11.8. The highest BCUT2D eigenvalue weighted by Gasteiger charge is 2.37. The molecule has 1 heterocycles. The largest absolute Gasteiger partial charge is 0.303 e. The number of imide groups is 1. The number of carbonyl (C=O) groups is 2. The summed E-state index contributed by atoms with van der Waals surface area (Å²) in [6.07, 6.45) is 3.40. The lowest BCUT2D eigenvalue weighted by Crippen LogP contribution is -2.42. The van der Waals surface area contributed by atoms with Gasteiger partial charge in [-0.05, 0) is 32.3 Å². The molecule has 1 aliphatic rings. The summed E-state index contributed by atoms with van der Waals surface area (Å²) in [5.74, 6) is 0.950. The Kier molecular flexibility index (Phi) is 5.28. The van der Waals surface area contributed by atoms with Crippen LogP contribution in [0.1, 0.15) is 26.7 Å². The average molecular weight is 244 g/mol. The van der Waals surface area contributed by atoms with Crippen LogP contribution in [-0.4, -0.2) is 47.4 Å². The third kappa shape index (κ3) is 3.22. The summed E-state index contributed by atoms with van der Waals surface area (Å²) < 4.78 is 0. The molecule has 0 aromatic heterocycles. The van der Waals surface area contributed by atoms with Gasteiger partial charge in [-0.25, -0.2) is 0 Å². The molecule has 0 spiro atoms. The van der Waals surface area contributed by atoms with Gasteiger partial charge in [-0.1, -0.05) is 0 Å². The van der Waals surface area contributed by atoms with Gasteiger partial charge in [0.1, 0.15) is 0 Å². The van der Waals surface area contributed by atoms with Crippen molar-refractivity contribution in [1.29, 1.82) is 0 Å². The molecule has 4 nitrogen and oxygen atoms in total. The molecule has 0 radical (unpaired) electrons. The van der Waals surface area contributed by atoms with E-state index in [0.29, 0.717) is 13.0 Å². The van der Waals surface area contributed by atoms with E-state index in [9.17, 15) is 9.59 Å². The van der Waals surface area contributed by atoms with Gasteiger partial charge in [0.05, 0.1) is 12.5 Å². The lowest BCUT2D eigenvalue weighted by atomic mass is 10.2. The van der Waals surface area contributed by atoms with Crippen molar-refractivity contribution in [3.8, 4) is 0 Å². The van der Waals surface area contributed by atoms with E-state index < -0.39 is 0 Å². The number of nitrogens with zero attached hydrogens (tertiary/aromatic N) is 1. The van der Waals surface area contributed by atoms with Gasteiger partial charge in [-0.15, -0.1) is 0 Å². The molecule has 1 rings (SSSR count). The van der Waals surface area contributed by atoms with Gasteiger partial charge in [0.15, 0.2) is 0 Å². The standard InChI is InChI=1S/C11H20N2O2S/c1-4-13-10(14)7-9(11(13)15)12-8(2)5-6-16-3/h8-9,12H,4-7H2,1-3H3. The third-order valence-electron chi connectivity index (χ3n) is 2.80. The van der Waals surface area contributed by atoms with Crippen molar-refractivity contribution < 1.29 is 9.59 Å². The Labute approximate surface area is 101 Å². The molecule has 1 N–H and O–H groups in total. The SMILES string of the molecule is CCN1C(=O)CC(NC(C)CCSC)C1=O. The molecular formula is C11H20N2O2S. The molecule has 5 heteroatoms. The minimum atomic E-state index is -0.302. The van der Waals surface area contributed by atoms with Gasteiger partial charge >= 0.3 is 0 Å². The van der Waals surface area contributed by atoms with Crippen molar-refractivity contribution in [2.45, 2.75) is 38.8 Å². The average Bonchev–Trinajstić information content (AvgIpc) is 2.51. The summed E-state index contributed by atoms with van der Waals surface area (Å²) in [5.41, 5.74) is 0. The maximum absolute atomic E-state index is 11.8. The molecule has 0 aliphatic carbocycles. The van der Waals surface area contributed by atoms with Gasteiger partial charge in [0.25, 0.3) is 0 Å². The van der Waals surface area contributed by atoms with E-state index >= 15 is 0 Å². The van der Waals surface area contributed by atoms with Crippen LogP contribution in [0.25, 0.3) is 0 Å². The second kappa shape index (κ2) is 6.25. The van der Waals surface area contributed by atoms with Crippen molar-refractivity contribution in [3.63, 3.8) is 0 Å². The Balaban J connectivity index is 2.44. The van der Waals surface area contributed by atoms with E-state index in [1.165, 1.54) is 4.90 Å². The van der Waals surface area contributed by atoms with Gasteiger partial charge in [-0.3, -0.25) is 14.5 Å². The fraction of sp³-hybridized carbons (Fsp3) is 0.818. The summed E-state index contributed by atoms with van der Waals surface area (Å²) in [4.78, 5) is 24.6. The zero-order chi connectivity index (χ0) is 12.1. The fourth-order valence-electron chi connectivity index (χ4n) is 1.87. The van der Waals surface area contributed by atoms with Crippen LogP contribution in [-0.2, 0) is 9.59 Å². The van der Waals surface area contributed by atoms with Crippen molar-refractivity contribution in [1.82, 2.24) is 10.2 Å². The molecule has 2 unspecified atom stereocenters. The molecule has 16 heavy (non-hydrogen) atoms. The number of thioether (sulfide) groups is 1. The Bertz CT molecular complexity index is 271. The van der Waals surface area contributed by atoms with Crippen molar-refractivity contribution in [2.24, 2.45) is 0 Å². The van der Waals surface area contributed by atoms with Crippen LogP contribution in [0.15, 0.2) is 0 Å². The van der Waals surface area contributed by atoms with E-state index in [0.717, 1.165) is 12.2 Å². The predicted octanol–water partition coefficient (Wildman–Crippen LogP) is 0.865. The van der Waals surface area contributed by atoms with E-state index in [1.807, 2.05) is 6.92 Å². The quantitative estimate of drug-likeness (QED) is 0.704.